The summed E-state index contributed by atoms with van der Waals surface area (Å²) in [4.78, 5) is 35.6. The zero-order chi connectivity index (χ0) is 17.8. The Morgan fingerprint density at radius 2 is 2.04 bits per heavy atom. The van der Waals surface area contributed by atoms with E-state index in [1.807, 2.05) is 0 Å². The van der Waals surface area contributed by atoms with E-state index in [1.54, 1.807) is 30.3 Å². The summed E-state index contributed by atoms with van der Waals surface area (Å²) in [7, 11) is 0. The van der Waals surface area contributed by atoms with Crippen molar-refractivity contribution in [3.8, 4) is 11.5 Å². The molecule has 0 aliphatic carbocycles. The molecule has 2 heterocycles. The van der Waals surface area contributed by atoms with Crippen molar-refractivity contribution in [2.75, 3.05) is 12.1 Å². The lowest BCUT2D eigenvalue weighted by molar-refractivity contribution is -0.153. The molecule has 1 aliphatic rings. The normalized spacial score (nSPS) is 13.2. The van der Waals surface area contributed by atoms with Gasteiger partial charge in [0.05, 0.1) is 0 Å². The molecule has 0 fully saturated rings. The largest absolute Gasteiger partial charge is 0.454 e. The second-order valence-electron chi connectivity index (χ2n) is 5.36. The molecule has 0 saturated heterocycles. The fourth-order valence-electron chi connectivity index (χ4n) is 2.24. The van der Waals surface area contributed by atoms with Crippen LogP contribution in [-0.2, 0) is 20.9 Å². The fourth-order valence-corrected chi connectivity index (χ4v) is 2.24. The highest BCUT2D eigenvalue weighted by atomic mass is 16.7. The van der Waals surface area contributed by atoms with Gasteiger partial charge in [-0.3, -0.25) is 14.4 Å². The van der Waals surface area contributed by atoms with E-state index in [0.29, 0.717) is 17.2 Å². The van der Waals surface area contributed by atoms with Crippen LogP contribution in [0.1, 0.15) is 6.92 Å². The Balaban J connectivity index is 1.56. The number of pyridine rings is 1. The van der Waals surface area contributed by atoms with E-state index < -0.39 is 18.0 Å². The van der Waals surface area contributed by atoms with Crippen molar-refractivity contribution in [1.82, 2.24) is 4.57 Å². The number of nitrogens with zero attached hydrogens (tertiary/aromatic N) is 1. The number of ether oxygens (including phenoxy) is 3. The molecule has 1 aromatic heterocycles. The van der Waals surface area contributed by atoms with Gasteiger partial charge in [-0.15, -0.1) is 0 Å². The van der Waals surface area contributed by atoms with Crippen molar-refractivity contribution in [1.29, 1.82) is 0 Å². The van der Waals surface area contributed by atoms with E-state index in [-0.39, 0.29) is 18.9 Å². The minimum Gasteiger partial charge on any atom is -0.454 e. The molecule has 1 aliphatic heterocycles. The molecule has 25 heavy (non-hydrogen) atoms. The predicted molar refractivity (Wildman–Crippen MR) is 87.5 cm³/mol. The Hall–Kier alpha value is -3.29. The zero-order valence-corrected chi connectivity index (χ0v) is 13.4. The molecule has 2 aromatic rings. The number of carbonyl (C=O) groups is 2. The maximum atomic E-state index is 12.1. The number of hydrogen-bond acceptors (Lipinski definition) is 6. The Bertz CT molecular complexity index is 860. The third-order valence-electron chi connectivity index (χ3n) is 3.52. The van der Waals surface area contributed by atoms with Gasteiger partial charge in [-0.25, -0.2) is 0 Å². The lowest BCUT2D eigenvalue weighted by Crippen LogP contribution is -2.32. The minimum atomic E-state index is -1.02. The van der Waals surface area contributed by atoms with Gasteiger partial charge in [0.1, 0.15) is 6.54 Å². The summed E-state index contributed by atoms with van der Waals surface area (Å²) >= 11 is 0. The first-order valence-corrected chi connectivity index (χ1v) is 7.58. The number of hydrogen-bond donors (Lipinski definition) is 1. The number of rotatable bonds is 5. The molecule has 8 nitrogen and oxygen atoms in total. The predicted octanol–water partition coefficient (Wildman–Crippen LogP) is 1.15. The van der Waals surface area contributed by atoms with E-state index in [2.05, 4.69) is 5.32 Å². The van der Waals surface area contributed by atoms with Crippen LogP contribution in [0.2, 0.25) is 0 Å². The first kappa shape index (κ1) is 16.6. The molecule has 0 bridgehead atoms. The van der Waals surface area contributed by atoms with Crippen LogP contribution < -0.4 is 20.3 Å². The second kappa shape index (κ2) is 7.08. The fraction of sp³-hybridized carbons (Fsp3) is 0.235. The number of esters is 1. The first-order chi connectivity index (χ1) is 12.0. The van der Waals surface area contributed by atoms with Gasteiger partial charge in [-0.1, -0.05) is 6.07 Å². The molecule has 1 aromatic carbocycles. The molecule has 0 saturated carbocycles. The van der Waals surface area contributed by atoms with E-state index in [1.165, 1.54) is 23.8 Å². The van der Waals surface area contributed by atoms with Gasteiger partial charge in [-0.2, -0.15) is 0 Å². The van der Waals surface area contributed by atoms with Gasteiger partial charge in [-0.05, 0) is 25.1 Å². The number of nitrogens with one attached hydrogen (secondary N) is 1. The van der Waals surface area contributed by atoms with Gasteiger partial charge in [0.25, 0.3) is 11.5 Å². The molecule has 0 spiro atoms. The highest BCUT2D eigenvalue weighted by Crippen LogP contribution is 2.34. The first-order valence-electron chi connectivity index (χ1n) is 7.58. The summed E-state index contributed by atoms with van der Waals surface area (Å²) in [5, 5.41) is 2.63. The molecule has 0 radical (unpaired) electrons. The van der Waals surface area contributed by atoms with Crippen LogP contribution in [0.5, 0.6) is 11.5 Å². The molecule has 130 valence electrons. The Morgan fingerprint density at radius 3 is 2.84 bits per heavy atom. The Kier molecular flexibility index (Phi) is 4.69. The summed E-state index contributed by atoms with van der Waals surface area (Å²) in [5.74, 6) is -0.0362. The topological polar surface area (TPSA) is 95.9 Å². The molecule has 0 unspecified atom stereocenters. The van der Waals surface area contributed by atoms with Crippen molar-refractivity contribution in [2.24, 2.45) is 0 Å². The van der Waals surface area contributed by atoms with E-state index in [4.69, 9.17) is 14.2 Å². The summed E-state index contributed by atoms with van der Waals surface area (Å²) in [6.45, 7) is 1.33. The van der Waals surface area contributed by atoms with Crippen LogP contribution in [-0.4, -0.2) is 29.3 Å². The maximum absolute atomic E-state index is 12.1. The number of anilines is 1. The number of carbonyl (C=O) groups excluding carboxylic acids is 2. The summed E-state index contributed by atoms with van der Waals surface area (Å²) in [5.41, 5.74) is 0.174. The van der Waals surface area contributed by atoms with Crippen LogP contribution in [0, 0.1) is 0 Å². The molecule has 3 rings (SSSR count). The lowest BCUT2D eigenvalue weighted by atomic mass is 10.2. The number of benzene rings is 1. The number of fused-ring (bicyclic) bond motifs is 1. The van der Waals surface area contributed by atoms with E-state index >= 15 is 0 Å². The highest BCUT2D eigenvalue weighted by Gasteiger charge is 2.20. The van der Waals surface area contributed by atoms with Gasteiger partial charge in [0.2, 0.25) is 6.79 Å². The third-order valence-corrected chi connectivity index (χ3v) is 3.52. The molecular weight excluding hydrogens is 328 g/mol. The second-order valence-corrected chi connectivity index (χ2v) is 5.36. The Labute approximate surface area is 142 Å². The Morgan fingerprint density at radius 1 is 1.24 bits per heavy atom. The van der Waals surface area contributed by atoms with Gasteiger partial charge < -0.3 is 24.1 Å². The highest BCUT2D eigenvalue weighted by molar-refractivity contribution is 5.95. The van der Waals surface area contributed by atoms with Crippen molar-refractivity contribution in [3.63, 3.8) is 0 Å². The minimum absolute atomic E-state index is 0.138. The summed E-state index contributed by atoms with van der Waals surface area (Å²) < 4.78 is 16.7. The van der Waals surface area contributed by atoms with Crippen LogP contribution >= 0.6 is 0 Å². The SMILES string of the molecule is C[C@H](OC(=O)Cn1ccccc1=O)C(=O)Nc1ccc2c(c1)OCO2. The van der Waals surface area contributed by atoms with Crippen LogP contribution in [0.15, 0.2) is 47.4 Å². The molecular formula is C17H16N2O6. The summed E-state index contributed by atoms with van der Waals surface area (Å²) in [6.07, 6.45) is 0.457. The van der Waals surface area contributed by atoms with Crippen LogP contribution in [0.25, 0.3) is 0 Å². The van der Waals surface area contributed by atoms with E-state index in [0.717, 1.165) is 0 Å². The quantitative estimate of drug-likeness (QED) is 0.818. The number of aromatic nitrogens is 1. The monoisotopic (exact) mass is 344 g/mol. The van der Waals surface area contributed by atoms with Crippen molar-refractivity contribution >= 4 is 17.6 Å². The van der Waals surface area contributed by atoms with Crippen LogP contribution in [0.3, 0.4) is 0 Å². The molecule has 1 atom stereocenters. The lowest BCUT2D eigenvalue weighted by Gasteiger charge is -2.14. The average Bonchev–Trinajstić information content (AvgIpc) is 3.04. The third kappa shape index (κ3) is 3.97. The maximum Gasteiger partial charge on any atom is 0.326 e. The zero-order valence-electron chi connectivity index (χ0n) is 13.4. The molecule has 8 heteroatoms. The smallest absolute Gasteiger partial charge is 0.326 e. The van der Waals surface area contributed by atoms with Crippen molar-refractivity contribution in [3.05, 3.63) is 52.9 Å². The van der Waals surface area contributed by atoms with Crippen molar-refractivity contribution < 1.29 is 23.8 Å². The summed E-state index contributed by atoms with van der Waals surface area (Å²) in [6, 6.07) is 9.50. The van der Waals surface area contributed by atoms with Crippen LogP contribution in [0.4, 0.5) is 5.69 Å². The van der Waals surface area contributed by atoms with E-state index in [9.17, 15) is 14.4 Å². The molecule has 1 N–H and O–H groups in total. The average molecular weight is 344 g/mol. The van der Waals surface area contributed by atoms with Gasteiger partial charge in [0, 0.05) is 24.0 Å². The van der Waals surface area contributed by atoms with Gasteiger partial charge >= 0.3 is 5.97 Å². The molecule has 1 amide bonds. The van der Waals surface area contributed by atoms with Crippen molar-refractivity contribution in [2.45, 2.75) is 19.6 Å². The standard InChI is InChI=1S/C17H16N2O6/c1-11(25-16(21)9-19-7-3-2-4-15(19)20)17(22)18-12-5-6-13-14(8-12)24-10-23-13/h2-8,11H,9-10H2,1H3,(H,18,22)/t11-/m0/s1. The number of amides is 1. The van der Waals surface area contributed by atoms with Gasteiger partial charge in [0.15, 0.2) is 17.6 Å².